The number of tetrazole rings is 1. The van der Waals surface area contributed by atoms with E-state index in [1.54, 1.807) is 6.92 Å². The van der Waals surface area contributed by atoms with Crippen LogP contribution in [0, 0.1) is 24.2 Å². The van der Waals surface area contributed by atoms with Crippen LogP contribution in [-0.4, -0.2) is 59.0 Å². The van der Waals surface area contributed by atoms with Gasteiger partial charge in [0.1, 0.15) is 12.2 Å². The van der Waals surface area contributed by atoms with Crippen LogP contribution in [-0.2, 0) is 12.5 Å². The molecule has 0 bridgehead atoms. The smallest absolute Gasteiger partial charge is 0.349 e. The van der Waals surface area contributed by atoms with Gasteiger partial charge in [-0.15, -0.1) is 10.2 Å². The molecule has 2 N–H and O–H groups in total. The Labute approximate surface area is 256 Å². The Bertz CT molecular complexity index is 1830. The molecule has 234 valence electrons. The third-order valence-corrected chi connectivity index (χ3v) is 7.26. The Morgan fingerprint density at radius 3 is 2.53 bits per heavy atom. The van der Waals surface area contributed by atoms with Gasteiger partial charge < -0.3 is 10.6 Å². The number of carbonyl (C=O) groups excluding carboxylic acids is 2. The van der Waals surface area contributed by atoms with E-state index in [4.69, 9.17) is 11.6 Å². The van der Waals surface area contributed by atoms with Crippen molar-refractivity contribution in [3.63, 3.8) is 0 Å². The van der Waals surface area contributed by atoms with Crippen molar-refractivity contribution in [2.45, 2.75) is 51.4 Å². The summed E-state index contributed by atoms with van der Waals surface area (Å²) in [5.41, 5.74) is 0.483. The molecule has 1 unspecified atom stereocenters. The SMILES string of the molecule is Cc1cc(C#N)cc(C(=O)NC(C)C2CC2)c1NC(=O)c1cc(Cn2nnc(C(F)(F)C(F)(F)F)n2)nn1-c1ncccc1Cl. The summed E-state index contributed by atoms with van der Waals surface area (Å²) >= 11 is 6.30. The summed E-state index contributed by atoms with van der Waals surface area (Å²) in [4.78, 5) is 31.6. The number of nitrogens with zero attached hydrogens (tertiary/aromatic N) is 8. The molecule has 2 amide bonds. The van der Waals surface area contributed by atoms with Crippen molar-refractivity contribution in [1.82, 2.24) is 40.3 Å². The molecule has 1 aliphatic rings. The van der Waals surface area contributed by atoms with Crippen LogP contribution < -0.4 is 10.6 Å². The van der Waals surface area contributed by atoms with Gasteiger partial charge in [0.25, 0.3) is 17.6 Å². The Hall–Kier alpha value is -4.98. The second-order valence-electron chi connectivity index (χ2n) is 10.3. The lowest BCUT2D eigenvalue weighted by Gasteiger charge is -2.18. The third-order valence-electron chi connectivity index (χ3n) is 6.96. The van der Waals surface area contributed by atoms with Crippen LogP contribution in [0.3, 0.4) is 0 Å². The van der Waals surface area contributed by atoms with Gasteiger partial charge in [0.15, 0.2) is 5.82 Å². The first-order valence-electron chi connectivity index (χ1n) is 13.3. The topological polar surface area (TPSA) is 156 Å². The predicted octanol–water partition coefficient (Wildman–Crippen LogP) is 4.57. The van der Waals surface area contributed by atoms with Crippen molar-refractivity contribution in [3.8, 4) is 11.9 Å². The fourth-order valence-corrected chi connectivity index (χ4v) is 4.65. The van der Waals surface area contributed by atoms with E-state index in [0.717, 1.165) is 17.5 Å². The van der Waals surface area contributed by atoms with Crippen molar-refractivity contribution in [3.05, 3.63) is 75.5 Å². The minimum atomic E-state index is -5.95. The zero-order valence-corrected chi connectivity index (χ0v) is 24.2. The summed E-state index contributed by atoms with van der Waals surface area (Å²) < 4.78 is 66.7. The molecular weight excluding hydrogens is 627 g/mol. The van der Waals surface area contributed by atoms with Gasteiger partial charge in [-0.05, 0) is 73.7 Å². The maximum atomic E-state index is 13.7. The van der Waals surface area contributed by atoms with Crippen LogP contribution in [0.2, 0.25) is 5.02 Å². The lowest BCUT2D eigenvalue weighted by atomic mass is 10.0. The van der Waals surface area contributed by atoms with Gasteiger partial charge in [-0.1, -0.05) is 11.6 Å². The van der Waals surface area contributed by atoms with E-state index in [-0.39, 0.29) is 45.1 Å². The maximum absolute atomic E-state index is 13.7. The molecule has 1 fully saturated rings. The van der Waals surface area contributed by atoms with Crippen molar-refractivity contribution >= 4 is 29.1 Å². The van der Waals surface area contributed by atoms with Crippen molar-refractivity contribution in [2.75, 3.05) is 5.32 Å². The third kappa shape index (κ3) is 6.45. The number of amides is 2. The van der Waals surface area contributed by atoms with Crippen LogP contribution in [0.1, 0.15) is 63.3 Å². The van der Waals surface area contributed by atoms with Crippen LogP contribution in [0.15, 0.2) is 36.5 Å². The largest absolute Gasteiger partial charge is 0.461 e. The highest BCUT2D eigenvalue weighted by atomic mass is 35.5. The van der Waals surface area contributed by atoms with E-state index < -0.39 is 36.3 Å². The minimum Gasteiger partial charge on any atom is -0.349 e. The van der Waals surface area contributed by atoms with Crippen molar-refractivity contribution in [1.29, 1.82) is 5.26 Å². The van der Waals surface area contributed by atoms with E-state index in [2.05, 4.69) is 36.1 Å². The summed E-state index contributed by atoms with van der Waals surface area (Å²) in [6.45, 7) is 2.89. The van der Waals surface area contributed by atoms with Gasteiger partial charge in [-0.2, -0.15) is 37.1 Å². The molecule has 1 aromatic carbocycles. The summed E-state index contributed by atoms with van der Waals surface area (Å²) in [5, 5.41) is 28.6. The van der Waals surface area contributed by atoms with Crippen LogP contribution >= 0.6 is 11.6 Å². The maximum Gasteiger partial charge on any atom is 0.461 e. The molecule has 18 heteroatoms. The average Bonchev–Trinajstić information content (AvgIpc) is 3.59. The van der Waals surface area contributed by atoms with Crippen LogP contribution in [0.25, 0.3) is 5.82 Å². The Kier molecular flexibility index (Phi) is 8.27. The van der Waals surface area contributed by atoms with Crippen LogP contribution in [0.4, 0.5) is 27.6 Å². The van der Waals surface area contributed by atoms with Gasteiger partial charge in [-0.3, -0.25) is 9.59 Å². The quantitative estimate of drug-likeness (QED) is 0.250. The lowest BCUT2D eigenvalue weighted by molar-refractivity contribution is -0.292. The van der Waals surface area contributed by atoms with E-state index in [0.29, 0.717) is 16.3 Å². The number of carbonyl (C=O) groups is 2. The van der Waals surface area contributed by atoms with E-state index in [1.807, 2.05) is 13.0 Å². The number of nitriles is 1. The number of nitrogens with one attached hydrogen (secondary N) is 2. The number of hydrogen-bond donors (Lipinski definition) is 2. The van der Waals surface area contributed by atoms with E-state index >= 15 is 0 Å². The molecule has 0 spiro atoms. The normalized spacial score (nSPS) is 14.1. The molecule has 1 saturated carbocycles. The number of benzene rings is 1. The molecule has 3 aromatic heterocycles. The highest BCUT2D eigenvalue weighted by Crippen LogP contribution is 2.42. The number of pyridine rings is 1. The molecule has 0 radical (unpaired) electrons. The van der Waals surface area contributed by atoms with Gasteiger partial charge in [-0.25, -0.2) is 9.67 Å². The Morgan fingerprint density at radius 1 is 1.16 bits per heavy atom. The van der Waals surface area contributed by atoms with Gasteiger partial charge in [0.05, 0.1) is 33.6 Å². The molecule has 12 nitrogen and oxygen atoms in total. The zero-order valence-electron chi connectivity index (χ0n) is 23.4. The zero-order chi connectivity index (χ0) is 32.7. The number of rotatable bonds is 9. The molecule has 4 aromatic rings. The molecule has 1 aliphatic carbocycles. The second kappa shape index (κ2) is 11.8. The standard InChI is InChI=1S/C27H22ClF5N10O2/c1-13-8-15(11-34)9-18(23(44)36-14(2)16-5-6-16)21(13)37-24(45)20-10-17(39-43(20)22-19(28)4-3-7-35-22)12-42-40-25(38-41-42)26(29,30)27(31,32)33/h3-4,7-10,14,16H,5-6,12H2,1-2H3,(H,36,44)(H,37,45). The van der Waals surface area contributed by atoms with Gasteiger partial charge in [0, 0.05) is 12.2 Å². The summed E-state index contributed by atoms with van der Waals surface area (Å²) in [7, 11) is 0. The fraction of sp³-hybridized carbons (Fsp3) is 0.333. The molecular formula is C27H22ClF5N10O2. The molecule has 0 saturated heterocycles. The number of alkyl halides is 5. The number of hydrogen-bond acceptors (Lipinski definition) is 8. The molecule has 45 heavy (non-hydrogen) atoms. The van der Waals surface area contributed by atoms with E-state index in [1.165, 1.54) is 36.5 Å². The minimum absolute atomic E-state index is 0.0146. The highest BCUT2D eigenvalue weighted by Gasteiger charge is 2.62. The van der Waals surface area contributed by atoms with Gasteiger partial charge in [0.2, 0.25) is 0 Å². The van der Waals surface area contributed by atoms with Crippen molar-refractivity contribution in [2.24, 2.45) is 5.92 Å². The monoisotopic (exact) mass is 648 g/mol. The lowest BCUT2D eigenvalue weighted by Crippen LogP contribution is -2.35. The first-order chi connectivity index (χ1) is 21.2. The van der Waals surface area contributed by atoms with E-state index in [9.17, 15) is 36.8 Å². The summed E-state index contributed by atoms with van der Waals surface area (Å²) in [6.07, 6.45) is -2.64. The number of anilines is 1. The predicted molar refractivity (Wildman–Crippen MR) is 147 cm³/mol. The number of halogens is 6. The first kappa shape index (κ1) is 31.4. The molecule has 0 aliphatic heterocycles. The first-order valence-corrected chi connectivity index (χ1v) is 13.7. The molecule has 5 rings (SSSR count). The molecule has 3 heterocycles. The average molecular weight is 649 g/mol. The molecule has 1 atom stereocenters. The second-order valence-corrected chi connectivity index (χ2v) is 10.7. The fourth-order valence-electron chi connectivity index (χ4n) is 4.44. The number of aryl methyl sites for hydroxylation is 1. The summed E-state index contributed by atoms with van der Waals surface area (Å²) in [5.74, 6) is -8.22. The Morgan fingerprint density at radius 2 is 1.89 bits per heavy atom. The van der Waals surface area contributed by atoms with Gasteiger partial charge >= 0.3 is 12.1 Å². The number of aromatic nitrogens is 7. The van der Waals surface area contributed by atoms with Crippen molar-refractivity contribution < 1.29 is 31.5 Å². The summed E-state index contributed by atoms with van der Waals surface area (Å²) in [6, 6.07) is 8.86. The van der Waals surface area contributed by atoms with Crippen LogP contribution in [0.5, 0.6) is 0 Å². The highest BCUT2D eigenvalue weighted by molar-refractivity contribution is 6.32. The Balaban J connectivity index is 1.50.